The molecule has 0 amide bonds. The minimum Gasteiger partial charge on any atom is -0.492 e. The van der Waals surface area contributed by atoms with E-state index < -0.39 is 5.69 Å². The second-order valence-electron chi connectivity index (χ2n) is 8.01. The first-order chi connectivity index (χ1) is 13.8. The van der Waals surface area contributed by atoms with Crippen LogP contribution in [0.15, 0.2) is 40.2 Å². The summed E-state index contributed by atoms with van der Waals surface area (Å²) in [6.45, 7) is 9.45. The molecule has 0 radical (unpaired) electrons. The van der Waals surface area contributed by atoms with Crippen molar-refractivity contribution in [2.75, 3.05) is 6.61 Å². The van der Waals surface area contributed by atoms with Gasteiger partial charge < -0.3 is 9.30 Å². The average molecular weight is 402 g/mol. The first-order valence-corrected chi connectivity index (χ1v) is 9.84. The fourth-order valence-corrected chi connectivity index (χ4v) is 3.28. The van der Waals surface area contributed by atoms with Crippen LogP contribution in [0.25, 0.3) is 11.2 Å². The zero-order valence-corrected chi connectivity index (χ0v) is 17.3. The number of hydrogen-bond donors (Lipinski definition) is 0. The van der Waals surface area contributed by atoms with Gasteiger partial charge in [0.2, 0.25) is 0 Å². The normalized spacial score (nSPS) is 11.7. The van der Waals surface area contributed by atoms with Gasteiger partial charge in [0.25, 0.3) is 5.56 Å². The lowest BCUT2D eigenvalue weighted by Gasteiger charge is -2.15. The molecule has 0 aliphatic carbocycles. The van der Waals surface area contributed by atoms with E-state index in [0.29, 0.717) is 35.9 Å². The van der Waals surface area contributed by atoms with E-state index in [1.54, 1.807) is 10.9 Å². The standard InChI is InChI=1S/C21H27FN4O3/c1-14(2)11-24-13-23-19-18(24)20(27)25(21(28)26(19)12-15(3)4)9-10-29-17-7-5-16(22)6-8-17/h5-8,13-15H,9-12H2,1-4H3. The molecule has 3 aromatic rings. The highest BCUT2D eigenvalue weighted by Gasteiger charge is 2.19. The maximum atomic E-state index is 13.1. The monoisotopic (exact) mass is 402 g/mol. The molecule has 0 atom stereocenters. The van der Waals surface area contributed by atoms with Crippen LogP contribution in [0.5, 0.6) is 5.75 Å². The summed E-state index contributed by atoms with van der Waals surface area (Å²) in [4.78, 5) is 30.5. The van der Waals surface area contributed by atoms with Crippen molar-refractivity contribution in [3.8, 4) is 5.75 Å². The molecule has 8 heteroatoms. The third-order valence-corrected chi connectivity index (χ3v) is 4.49. The van der Waals surface area contributed by atoms with E-state index in [-0.39, 0.29) is 30.4 Å². The number of imidazole rings is 1. The summed E-state index contributed by atoms with van der Waals surface area (Å²) in [5.74, 6) is 0.669. The number of rotatable bonds is 8. The van der Waals surface area contributed by atoms with Gasteiger partial charge in [-0.1, -0.05) is 27.7 Å². The van der Waals surface area contributed by atoms with Gasteiger partial charge >= 0.3 is 5.69 Å². The summed E-state index contributed by atoms with van der Waals surface area (Å²) in [6.07, 6.45) is 1.63. The van der Waals surface area contributed by atoms with E-state index in [0.717, 1.165) is 0 Å². The Morgan fingerprint density at radius 2 is 1.66 bits per heavy atom. The second kappa shape index (κ2) is 8.63. The largest absolute Gasteiger partial charge is 0.492 e. The summed E-state index contributed by atoms with van der Waals surface area (Å²) in [6, 6.07) is 5.62. The van der Waals surface area contributed by atoms with E-state index in [4.69, 9.17) is 4.74 Å². The Hall–Kier alpha value is -2.90. The van der Waals surface area contributed by atoms with Crippen LogP contribution in [0.4, 0.5) is 4.39 Å². The van der Waals surface area contributed by atoms with Gasteiger partial charge in [0.15, 0.2) is 11.2 Å². The molecular formula is C21H27FN4O3. The summed E-state index contributed by atoms with van der Waals surface area (Å²) < 4.78 is 23.2. The molecule has 2 heterocycles. The Labute approximate surface area is 168 Å². The molecule has 0 spiro atoms. The minimum atomic E-state index is -0.395. The predicted octanol–water partition coefficient (Wildman–Crippen LogP) is 2.89. The summed E-state index contributed by atoms with van der Waals surface area (Å²) in [5.41, 5.74) is 0.0883. The Balaban J connectivity index is 1.99. The van der Waals surface area contributed by atoms with E-state index >= 15 is 0 Å². The van der Waals surface area contributed by atoms with Gasteiger partial charge in [0.05, 0.1) is 12.9 Å². The molecule has 1 aromatic carbocycles. The van der Waals surface area contributed by atoms with Gasteiger partial charge in [0.1, 0.15) is 18.2 Å². The molecule has 29 heavy (non-hydrogen) atoms. The maximum Gasteiger partial charge on any atom is 0.332 e. The number of fused-ring (bicyclic) bond motifs is 1. The van der Waals surface area contributed by atoms with E-state index in [1.165, 1.54) is 28.8 Å². The zero-order valence-electron chi connectivity index (χ0n) is 17.3. The number of ether oxygens (including phenoxy) is 1. The molecule has 0 N–H and O–H groups in total. The molecule has 0 saturated heterocycles. The average Bonchev–Trinajstić information content (AvgIpc) is 3.06. The molecule has 2 aromatic heterocycles. The Morgan fingerprint density at radius 1 is 1.00 bits per heavy atom. The number of halogens is 1. The number of nitrogens with zero attached hydrogens (tertiary/aromatic N) is 4. The number of benzene rings is 1. The smallest absolute Gasteiger partial charge is 0.332 e. The molecule has 0 aliphatic heterocycles. The van der Waals surface area contributed by atoms with Crippen molar-refractivity contribution in [3.05, 3.63) is 57.2 Å². The van der Waals surface area contributed by atoms with Crippen LogP contribution in [0.2, 0.25) is 0 Å². The fraction of sp³-hybridized carbons (Fsp3) is 0.476. The lowest BCUT2D eigenvalue weighted by Crippen LogP contribution is -2.42. The minimum absolute atomic E-state index is 0.0932. The van der Waals surface area contributed by atoms with Gasteiger partial charge in [-0.2, -0.15) is 0 Å². The third kappa shape index (κ3) is 4.58. The Morgan fingerprint density at radius 3 is 2.28 bits per heavy atom. The molecule has 0 saturated carbocycles. The number of aromatic nitrogens is 4. The van der Waals surface area contributed by atoms with Gasteiger partial charge in [-0.05, 0) is 36.1 Å². The van der Waals surface area contributed by atoms with E-state index in [2.05, 4.69) is 18.8 Å². The van der Waals surface area contributed by atoms with Gasteiger partial charge in [-0.25, -0.2) is 14.2 Å². The van der Waals surface area contributed by atoms with Crippen LogP contribution in [0, 0.1) is 17.7 Å². The summed E-state index contributed by atoms with van der Waals surface area (Å²) >= 11 is 0. The molecule has 156 valence electrons. The molecule has 0 fully saturated rings. The van der Waals surface area contributed by atoms with Crippen LogP contribution in [-0.4, -0.2) is 25.3 Å². The lowest BCUT2D eigenvalue weighted by atomic mass is 10.2. The highest BCUT2D eigenvalue weighted by molar-refractivity contribution is 5.70. The second-order valence-corrected chi connectivity index (χ2v) is 8.01. The molecular weight excluding hydrogens is 375 g/mol. The van der Waals surface area contributed by atoms with Crippen LogP contribution >= 0.6 is 0 Å². The van der Waals surface area contributed by atoms with Crippen LogP contribution in [0.3, 0.4) is 0 Å². The Kier molecular flexibility index (Phi) is 6.20. The fourth-order valence-electron chi connectivity index (χ4n) is 3.28. The highest BCUT2D eigenvalue weighted by Crippen LogP contribution is 2.12. The quantitative estimate of drug-likeness (QED) is 0.581. The van der Waals surface area contributed by atoms with Crippen LogP contribution in [0.1, 0.15) is 27.7 Å². The van der Waals surface area contributed by atoms with E-state index in [9.17, 15) is 14.0 Å². The summed E-state index contributed by atoms with van der Waals surface area (Å²) in [5, 5.41) is 0. The van der Waals surface area contributed by atoms with Crippen LogP contribution in [-0.2, 0) is 19.6 Å². The van der Waals surface area contributed by atoms with Crippen molar-refractivity contribution in [1.82, 2.24) is 18.7 Å². The topological polar surface area (TPSA) is 71.1 Å². The molecule has 7 nitrogen and oxygen atoms in total. The van der Waals surface area contributed by atoms with Gasteiger partial charge in [-0.15, -0.1) is 0 Å². The molecule has 0 aliphatic rings. The van der Waals surface area contributed by atoms with Crippen molar-refractivity contribution in [2.24, 2.45) is 11.8 Å². The van der Waals surface area contributed by atoms with Crippen LogP contribution < -0.4 is 16.0 Å². The SMILES string of the molecule is CC(C)Cn1cnc2c1c(=O)n(CCOc1ccc(F)cc1)c(=O)n2CC(C)C. The first-order valence-electron chi connectivity index (χ1n) is 9.84. The lowest BCUT2D eigenvalue weighted by molar-refractivity contribution is 0.291. The number of hydrogen-bond acceptors (Lipinski definition) is 4. The van der Waals surface area contributed by atoms with Gasteiger partial charge in [0, 0.05) is 13.1 Å². The maximum absolute atomic E-state index is 13.1. The van der Waals surface area contributed by atoms with Crippen molar-refractivity contribution in [2.45, 2.75) is 47.3 Å². The van der Waals surface area contributed by atoms with Crippen molar-refractivity contribution < 1.29 is 9.13 Å². The van der Waals surface area contributed by atoms with E-state index in [1.807, 2.05) is 18.4 Å². The first kappa shape index (κ1) is 20.8. The molecule has 0 bridgehead atoms. The molecule has 0 unspecified atom stereocenters. The molecule has 3 rings (SSSR count). The summed E-state index contributed by atoms with van der Waals surface area (Å²) in [7, 11) is 0. The predicted molar refractivity (Wildman–Crippen MR) is 110 cm³/mol. The highest BCUT2D eigenvalue weighted by atomic mass is 19.1. The van der Waals surface area contributed by atoms with Crippen molar-refractivity contribution >= 4 is 11.2 Å². The Bertz CT molecular complexity index is 1090. The van der Waals surface area contributed by atoms with Gasteiger partial charge in [-0.3, -0.25) is 13.9 Å². The zero-order chi connectivity index (χ0) is 21.1. The third-order valence-electron chi connectivity index (χ3n) is 4.49. The van der Waals surface area contributed by atoms with Crippen molar-refractivity contribution in [3.63, 3.8) is 0 Å². The van der Waals surface area contributed by atoms with Crippen molar-refractivity contribution in [1.29, 1.82) is 0 Å².